The topological polar surface area (TPSA) is 48.9 Å². The number of halogens is 3. The third-order valence-electron chi connectivity index (χ3n) is 4.27. The van der Waals surface area contributed by atoms with Crippen molar-refractivity contribution in [2.45, 2.75) is 32.7 Å². The first-order valence-electron chi connectivity index (χ1n) is 9.62. The number of ether oxygens (including phenoxy) is 1. The van der Waals surface area contributed by atoms with E-state index in [1.54, 1.807) is 19.2 Å². The summed E-state index contributed by atoms with van der Waals surface area (Å²) in [6, 6.07) is 13.5. The number of hydrogen-bond donors (Lipinski definition) is 2. The number of nitrogens with one attached hydrogen (secondary N) is 2. The highest BCUT2D eigenvalue weighted by Crippen LogP contribution is 2.23. The standard InChI is InChI=1S/C22H29F3N4O/c1-16-5-10-19(20(11-16)30-15-22(23,24)25)13-28-21(26-2)27-12-17-6-8-18(9-7-17)14-29(3)4/h5-11H,12-15H2,1-4H3,(H2,26,27,28). The second-order valence-electron chi connectivity index (χ2n) is 7.35. The zero-order valence-corrected chi connectivity index (χ0v) is 17.8. The molecule has 2 aromatic rings. The fraction of sp³-hybridized carbons (Fsp3) is 0.409. The molecule has 2 N–H and O–H groups in total. The highest BCUT2D eigenvalue weighted by atomic mass is 19.4. The number of guanidine groups is 1. The summed E-state index contributed by atoms with van der Waals surface area (Å²) in [4.78, 5) is 6.28. The van der Waals surface area contributed by atoms with Crippen molar-refractivity contribution in [1.29, 1.82) is 0 Å². The Morgan fingerprint density at radius 1 is 1.00 bits per heavy atom. The summed E-state index contributed by atoms with van der Waals surface area (Å²) in [7, 11) is 5.70. The normalized spacial score (nSPS) is 12.2. The lowest BCUT2D eigenvalue weighted by molar-refractivity contribution is -0.153. The van der Waals surface area contributed by atoms with Gasteiger partial charge in [0.25, 0.3) is 0 Å². The number of alkyl halides is 3. The van der Waals surface area contributed by atoms with E-state index in [0.717, 1.165) is 17.7 Å². The highest BCUT2D eigenvalue weighted by Gasteiger charge is 2.28. The van der Waals surface area contributed by atoms with Crippen molar-refractivity contribution < 1.29 is 17.9 Å². The van der Waals surface area contributed by atoms with E-state index in [1.807, 2.05) is 27.1 Å². The third kappa shape index (κ3) is 8.32. The monoisotopic (exact) mass is 422 g/mol. The molecule has 164 valence electrons. The van der Waals surface area contributed by atoms with Crippen molar-refractivity contribution >= 4 is 5.96 Å². The maximum absolute atomic E-state index is 12.5. The Labute approximate surface area is 176 Å². The fourth-order valence-electron chi connectivity index (χ4n) is 2.81. The molecule has 0 aliphatic carbocycles. The summed E-state index contributed by atoms with van der Waals surface area (Å²) in [6.45, 7) is 2.23. The number of aryl methyl sites for hydroxylation is 1. The molecule has 0 fully saturated rings. The van der Waals surface area contributed by atoms with Crippen LogP contribution in [0.4, 0.5) is 13.2 Å². The van der Waals surface area contributed by atoms with Crippen LogP contribution < -0.4 is 15.4 Å². The number of aliphatic imine (C=N–C) groups is 1. The Hall–Kier alpha value is -2.74. The van der Waals surface area contributed by atoms with Gasteiger partial charge in [-0.2, -0.15) is 13.2 Å². The van der Waals surface area contributed by atoms with Crippen molar-refractivity contribution in [2.24, 2.45) is 4.99 Å². The van der Waals surface area contributed by atoms with Crippen molar-refractivity contribution in [3.63, 3.8) is 0 Å². The second-order valence-corrected chi connectivity index (χ2v) is 7.35. The second kappa shape index (κ2) is 10.9. The molecule has 0 radical (unpaired) electrons. The SMILES string of the molecule is CN=C(NCc1ccc(CN(C)C)cc1)NCc1ccc(C)cc1OCC(F)(F)F. The summed E-state index contributed by atoms with van der Waals surface area (Å²) in [6.07, 6.45) is -4.38. The Morgan fingerprint density at radius 2 is 1.63 bits per heavy atom. The number of rotatable bonds is 8. The molecule has 0 aliphatic rings. The van der Waals surface area contributed by atoms with Crippen LogP contribution in [-0.2, 0) is 19.6 Å². The molecule has 0 spiro atoms. The lowest BCUT2D eigenvalue weighted by atomic mass is 10.1. The van der Waals surface area contributed by atoms with Gasteiger partial charge in [-0.25, -0.2) is 0 Å². The number of benzene rings is 2. The Balaban J connectivity index is 1.92. The molecule has 0 atom stereocenters. The molecule has 0 unspecified atom stereocenters. The van der Waals surface area contributed by atoms with Crippen LogP contribution in [0, 0.1) is 6.92 Å². The van der Waals surface area contributed by atoms with Gasteiger partial charge in [-0.05, 0) is 43.8 Å². The van der Waals surface area contributed by atoms with Gasteiger partial charge in [0, 0.05) is 32.2 Å². The van der Waals surface area contributed by atoms with E-state index in [2.05, 4.69) is 44.8 Å². The van der Waals surface area contributed by atoms with Crippen molar-refractivity contribution in [2.75, 3.05) is 27.7 Å². The van der Waals surface area contributed by atoms with Crippen LogP contribution in [0.2, 0.25) is 0 Å². The largest absolute Gasteiger partial charge is 0.484 e. The van der Waals surface area contributed by atoms with Crippen LogP contribution in [0.5, 0.6) is 5.75 Å². The molecule has 0 aliphatic heterocycles. The summed E-state index contributed by atoms with van der Waals surface area (Å²) < 4.78 is 42.5. The summed E-state index contributed by atoms with van der Waals surface area (Å²) in [5.74, 6) is 0.765. The maximum atomic E-state index is 12.5. The van der Waals surface area contributed by atoms with Gasteiger partial charge in [-0.15, -0.1) is 0 Å². The summed E-state index contributed by atoms with van der Waals surface area (Å²) in [5, 5.41) is 6.33. The first-order chi connectivity index (χ1) is 14.2. The summed E-state index contributed by atoms with van der Waals surface area (Å²) in [5.41, 5.74) is 3.79. The molecule has 0 amide bonds. The molecule has 8 heteroatoms. The van der Waals surface area contributed by atoms with Gasteiger partial charge in [0.2, 0.25) is 0 Å². The lowest BCUT2D eigenvalue weighted by Crippen LogP contribution is -2.36. The maximum Gasteiger partial charge on any atom is 0.422 e. The van der Waals surface area contributed by atoms with E-state index in [1.165, 1.54) is 5.56 Å². The first kappa shape index (κ1) is 23.5. The van der Waals surface area contributed by atoms with Crippen molar-refractivity contribution in [3.8, 4) is 5.75 Å². The zero-order chi connectivity index (χ0) is 22.1. The van der Waals surface area contributed by atoms with Gasteiger partial charge < -0.3 is 20.3 Å². The van der Waals surface area contributed by atoms with E-state index in [9.17, 15) is 13.2 Å². The van der Waals surface area contributed by atoms with Crippen molar-refractivity contribution in [1.82, 2.24) is 15.5 Å². The minimum Gasteiger partial charge on any atom is -0.484 e. The van der Waals surface area contributed by atoms with E-state index in [-0.39, 0.29) is 12.3 Å². The van der Waals surface area contributed by atoms with Gasteiger partial charge in [-0.1, -0.05) is 36.4 Å². The number of hydrogen-bond acceptors (Lipinski definition) is 3. The molecule has 0 heterocycles. The molecule has 0 saturated carbocycles. The first-order valence-corrected chi connectivity index (χ1v) is 9.62. The molecule has 2 aromatic carbocycles. The predicted octanol–water partition coefficient (Wildman–Crippen LogP) is 3.86. The quantitative estimate of drug-likeness (QED) is 0.501. The van der Waals surface area contributed by atoms with E-state index in [4.69, 9.17) is 4.74 Å². The van der Waals surface area contributed by atoms with Crippen LogP contribution in [0.15, 0.2) is 47.5 Å². The molecule has 0 bridgehead atoms. The highest BCUT2D eigenvalue weighted by molar-refractivity contribution is 5.79. The number of nitrogens with zero attached hydrogens (tertiary/aromatic N) is 2. The fourth-order valence-corrected chi connectivity index (χ4v) is 2.81. The predicted molar refractivity (Wildman–Crippen MR) is 114 cm³/mol. The molecule has 30 heavy (non-hydrogen) atoms. The Kier molecular flexibility index (Phi) is 8.53. The van der Waals surface area contributed by atoms with Crippen LogP contribution in [0.3, 0.4) is 0 Å². The van der Waals surface area contributed by atoms with Gasteiger partial charge in [0.1, 0.15) is 5.75 Å². The Morgan fingerprint density at radius 3 is 2.23 bits per heavy atom. The van der Waals surface area contributed by atoms with Crippen molar-refractivity contribution in [3.05, 3.63) is 64.7 Å². The van der Waals surface area contributed by atoms with Gasteiger partial charge >= 0.3 is 6.18 Å². The minimum atomic E-state index is -4.38. The molecule has 5 nitrogen and oxygen atoms in total. The lowest BCUT2D eigenvalue weighted by Gasteiger charge is -2.16. The minimum absolute atomic E-state index is 0.215. The van der Waals surface area contributed by atoms with Crippen LogP contribution in [-0.4, -0.2) is 44.8 Å². The molecule has 2 rings (SSSR count). The molecule has 0 saturated heterocycles. The molecular weight excluding hydrogens is 393 g/mol. The van der Waals surface area contributed by atoms with Gasteiger partial charge in [-0.3, -0.25) is 4.99 Å². The van der Waals surface area contributed by atoms with Crippen LogP contribution in [0.1, 0.15) is 22.3 Å². The average Bonchev–Trinajstić information content (AvgIpc) is 2.67. The van der Waals surface area contributed by atoms with Gasteiger partial charge in [0.15, 0.2) is 12.6 Å². The Bertz CT molecular complexity index is 833. The van der Waals surface area contributed by atoms with E-state index < -0.39 is 12.8 Å². The average molecular weight is 422 g/mol. The van der Waals surface area contributed by atoms with Crippen LogP contribution in [0.25, 0.3) is 0 Å². The molecular formula is C22H29F3N4O. The van der Waals surface area contributed by atoms with E-state index in [0.29, 0.717) is 18.1 Å². The molecule has 0 aromatic heterocycles. The van der Waals surface area contributed by atoms with Crippen LogP contribution >= 0.6 is 0 Å². The summed E-state index contributed by atoms with van der Waals surface area (Å²) >= 11 is 0. The van der Waals surface area contributed by atoms with Gasteiger partial charge in [0.05, 0.1) is 0 Å². The van der Waals surface area contributed by atoms with E-state index >= 15 is 0 Å². The zero-order valence-electron chi connectivity index (χ0n) is 17.8. The third-order valence-corrected chi connectivity index (χ3v) is 4.27. The smallest absolute Gasteiger partial charge is 0.422 e.